The molecule has 0 saturated heterocycles. The minimum atomic E-state index is -0.435. The third kappa shape index (κ3) is 2.53. The number of rotatable bonds is 3. The van der Waals surface area contributed by atoms with Gasteiger partial charge in [-0.3, -0.25) is 0 Å². The van der Waals surface area contributed by atoms with Crippen LogP contribution >= 0.6 is 0 Å². The average molecular weight is 335 g/mol. The van der Waals surface area contributed by atoms with Crippen molar-refractivity contribution in [3.63, 3.8) is 0 Å². The van der Waals surface area contributed by atoms with E-state index in [1.54, 1.807) is 11.6 Å². The highest BCUT2D eigenvalue weighted by atomic mass is 16.5. The number of carbonyl (C=O) groups excluding carboxylic acids is 1. The molecule has 0 fully saturated rings. The van der Waals surface area contributed by atoms with Crippen LogP contribution in [0, 0.1) is 0 Å². The molecule has 1 atom stereocenters. The number of fused-ring (bicyclic) bond motifs is 2. The lowest BCUT2D eigenvalue weighted by atomic mass is 9.94. The first-order valence-corrected chi connectivity index (χ1v) is 8.10. The summed E-state index contributed by atoms with van der Waals surface area (Å²) >= 11 is 0. The Hall–Kier alpha value is -3.22. The molecule has 0 amide bonds. The molecule has 1 aliphatic rings. The Morgan fingerprint density at radius 2 is 2.04 bits per heavy atom. The topological polar surface area (TPSA) is 81.9 Å². The predicted octanol–water partition coefficient (Wildman–Crippen LogP) is 2.68. The largest absolute Gasteiger partial charge is 0.463 e. The summed E-state index contributed by atoms with van der Waals surface area (Å²) in [4.78, 5) is 12.6. The van der Waals surface area contributed by atoms with Gasteiger partial charge in [-0.15, -0.1) is 0 Å². The van der Waals surface area contributed by atoms with Gasteiger partial charge in [0.25, 0.3) is 0 Å². The van der Waals surface area contributed by atoms with Crippen molar-refractivity contribution in [2.24, 2.45) is 0 Å². The number of ether oxygens (including phenoxy) is 1. The number of anilines is 1. The lowest BCUT2D eigenvalue weighted by molar-refractivity contribution is -0.139. The van der Waals surface area contributed by atoms with Crippen LogP contribution in [0.2, 0.25) is 0 Å². The Morgan fingerprint density at radius 1 is 1.24 bits per heavy atom. The van der Waals surface area contributed by atoms with Crippen molar-refractivity contribution in [1.82, 2.24) is 20.2 Å². The number of carbonyl (C=O) groups is 1. The molecule has 0 spiro atoms. The number of nitrogens with zero attached hydrogens (tertiary/aromatic N) is 4. The molecule has 0 saturated carbocycles. The van der Waals surface area contributed by atoms with E-state index in [1.165, 1.54) is 0 Å². The van der Waals surface area contributed by atoms with Crippen molar-refractivity contribution in [3.05, 3.63) is 59.3 Å². The van der Waals surface area contributed by atoms with Gasteiger partial charge in [0.2, 0.25) is 5.95 Å². The maximum Gasteiger partial charge on any atom is 0.338 e. The third-order valence-corrected chi connectivity index (χ3v) is 4.30. The maximum absolute atomic E-state index is 12.6. The fraction of sp³-hybridized carbons (Fsp3) is 0.222. The number of hydrogen-bond acceptors (Lipinski definition) is 6. The van der Waals surface area contributed by atoms with E-state index in [2.05, 4.69) is 33.0 Å². The standard InChI is InChI=1S/C18H17N5O2/c1-3-25-17(24)15-11(2)19-18-20-21-22-23(18)16(15)14-9-8-12-6-4-5-7-13(12)10-14/h4-10,16H,3H2,1-2H3,(H,19,20,22). The fourth-order valence-corrected chi connectivity index (χ4v) is 3.17. The first-order chi connectivity index (χ1) is 12.2. The molecule has 4 rings (SSSR count). The van der Waals surface area contributed by atoms with E-state index in [4.69, 9.17) is 4.74 Å². The third-order valence-electron chi connectivity index (χ3n) is 4.30. The molecule has 7 heteroatoms. The van der Waals surface area contributed by atoms with Crippen molar-refractivity contribution < 1.29 is 9.53 Å². The molecular weight excluding hydrogens is 318 g/mol. The van der Waals surface area contributed by atoms with E-state index >= 15 is 0 Å². The van der Waals surface area contributed by atoms with Gasteiger partial charge in [-0.05, 0) is 46.7 Å². The first kappa shape index (κ1) is 15.3. The zero-order chi connectivity index (χ0) is 17.4. The molecular formula is C18H17N5O2. The van der Waals surface area contributed by atoms with Gasteiger partial charge in [0.15, 0.2) is 0 Å². The van der Waals surface area contributed by atoms with Gasteiger partial charge in [-0.2, -0.15) is 4.68 Å². The Morgan fingerprint density at radius 3 is 2.84 bits per heavy atom. The second-order valence-electron chi connectivity index (χ2n) is 5.84. The van der Waals surface area contributed by atoms with Crippen LogP contribution in [0.1, 0.15) is 25.5 Å². The molecule has 1 unspecified atom stereocenters. The van der Waals surface area contributed by atoms with E-state index in [1.807, 2.05) is 37.3 Å². The second-order valence-corrected chi connectivity index (χ2v) is 5.84. The summed E-state index contributed by atoms with van der Waals surface area (Å²) in [6.45, 7) is 3.93. The van der Waals surface area contributed by atoms with Crippen LogP contribution in [0.5, 0.6) is 0 Å². The van der Waals surface area contributed by atoms with E-state index in [9.17, 15) is 4.79 Å². The molecule has 2 aromatic carbocycles. The summed E-state index contributed by atoms with van der Waals surface area (Å²) in [5.41, 5.74) is 2.13. The average Bonchev–Trinajstić information content (AvgIpc) is 3.08. The number of hydrogen-bond donors (Lipinski definition) is 1. The number of nitrogens with one attached hydrogen (secondary N) is 1. The highest BCUT2D eigenvalue weighted by molar-refractivity contribution is 5.93. The van der Waals surface area contributed by atoms with Crippen LogP contribution < -0.4 is 5.32 Å². The van der Waals surface area contributed by atoms with Crippen LogP contribution in [0.15, 0.2) is 53.7 Å². The van der Waals surface area contributed by atoms with Crippen LogP contribution in [0.4, 0.5) is 5.95 Å². The van der Waals surface area contributed by atoms with Crippen LogP contribution in [0.3, 0.4) is 0 Å². The highest BCUT2D eigenvalue weighted by Gasteiger charge is 2.34. The number of aromatic nitrogens is 4. The maximum atomic E-state index is 12.6. The summed E-state index contributed by atoms with van der Waals surface area (Å²) in [5, 5.41) is 17.1. The zero-order valence-electron chi connectivity index (χ0n) is 13.9. The SMILES string of the molecule is CCOC(=O)C1=C(C)Nc2nnnn2C1c1ccc2ccccc2c1. The van der Waals surface area contributed by atoms with Crippen LogP contribution in [-0.4, -0.2) is 32.8 Å². The fourth-order valence-electron chi connectivity index (χ4n) is 3.17. The number of esters is 1. The van der Waals surface area contributed by atoms with Crippen molar-refractivity contribution in [2.45, 2.75) is 19.9 Å². The molecule has 7 nitrogen and oxygen atoms in total. The first-order valence-electron chi connectivity index (χ1n) is 8.10. The van der Waals surface area contributed by atoms with E-state index < -0.39 is 6.04 Å². The lowest BCUT2D eigenvalue weighted by Crippen LogP contribution is -2.29. The number of tetrazole rings is 1. The molecule has 1 N–H and O–H groups in total. The molecule has 1 aliphatic heterocycles. The minimum absolute atomic E-state index is 0.308. The van der Waals surface area contributed by atoms with Crippen molar-refractivity contribution in [2.75, 3.05) is 11.9 Å². The van der Waals surface area contributed by atoms with Crippen molar-refractivity contribution >= 4 is 22.7 Å². The van der Waals surface area contributed by atoms with Gasteiger partial charge in [-0.1, -0.05) is 41.5 Å². The Bertz CT molecular complexity index is 992. The summed E-state index contributed by atoms with van der Waals surface area (Å²) in [5.74, 6) is 0.135. The molecule has 3 aromatic rings. The molecule has 126 valence electrons. The Kier molecular flexibility index (Phi) is 3.68. The Balaban J connectivity index is 1.89. The summed E-state index contributed by atoms with van der Waals surface area (Å²) < 4.78 is 6.88. The molecule has 25 heavy (non-hydrogen) atoms. The molecule has 0 bridgehead atoms. The predicted molar refractivity (Wildman–Crippen MR) is 92.9 cm³/mol. The molecule has 0 radical (unpaired) electrons. The highest BCUT2D eigenvalue weighted by Crippen LogP contribution is 2.35. The van der Waals surface area contributed by atoms with Gasteiger partial charge >= 0.3 is 5.97 Å². The zero-order valence-corrected chi connectivity index (χ0v) is 13.9. The normalized spacial score (nSPS) is 16.5. The van der Waals surface area contributed by atoms with Gasteiger partial charge in [0, 0.05) is 5.70 Å². The van der Waals surface area contributed by atoms with E-state index in [-0.39, 0.29) is 5.97 Å². The van der Waals surface area contributed by atoms with Gasteiger partial charge in [0.05, 0.1) is 12.2 Å². The summed E-state index contributed by atoms with van der Waals surface area (Å²) in [6, 6.07) is 13.7. The van der Waals surface area contributed by atoms with Crippen molar-refractivity contribution in [1.29, 1.82) is 0 Å². The van der Waals surface area contributed by atoms with E-state index in [0.717, 1.165) is 16.3 Å². The van der Waals surface area contributed by atoms with Crippen molar-refractivity contribution in [3.8, 4) is 0 Å². The van der Waals surface area contributed by atoms with Gasteiger partial charge in [0.1, 0.15) is 6.04 Å². The van der Waals surface area contributed by atoms with Gasteiger partial charge < -0.3 is 10.1 Å². The minimum Gasteiger partial charge on any atom is -0.463 e. The quantitative estimate of drug-likeness (QED) is 0.741. The number of allylic oxidation sites excluding steroid dienone is 1. The molecule has 0 aliphatic carbocycles. The smallest absolute Gasteiger partial charge is 0.338 e. The molecule has 1 aromatic heterocycles. The molecule has 2 heterocycles. The summed E-state index contributed by atoms with van der Waals surface area (Å²) in [6.07, 6.45) is 0. The monoisotopic (exact) mass is 335 g/mol. The lowest BCUT2D eigenvalue weighted by Gasteiger charge is -2.27. The van der Waals surface area contributed by atoms with Crippen LogP contribution in [-0.2, 0) is 9.53 Å². The second kappa shape index (κ2) is 6.01. The number of benzene rings is 2. The Labute approximate surface area is 144 Å². The van der Waals surface area contributed by atoms with E-state index in [0.29, 0.717) is 23.8 Å². The van der Waals surface area contributed by atoms with Crippen LogP contribution in [0.25, 0.3) is 10.8 Å². The summed E-state index contributed by atoms with van der Waals surface area (Å²) in [7, 11) is 0. The van der Waals surface area contributed by atoms with Gasteiger partial charge in [-0.25, -0.2) is 4.79 Å².